The van der Waals surface area contributed by atoms with Crippen LogP contribution < -0.4 is 16.1 Å². The third-order valence-corrected chi connectivity index (χ3v) is 2.71. The van der Waals surface area contributed by atoms with Crippen LogP contribution in [0.15, 0.2) is 39.5 Å². The predicted molar refractivity (Wildman–Crippen MR) is 70.9 cm³/mol. The first-order valence-corrected chi connectivity index (χ1v) is 6.16. The molecule has 4 nitrogen and oxygen atoms in total. The van der Waals surface area contributed by atoms with Gasteiger partial charge in [-0.3, -0.25) is 0 Å². The van der Waals surface area contributed by atoms with Crippen LogP contribution in [-0.2, 0) is 0 Å². The Labute approximate surface area is 105 Å². The van der Waals surface area contributed by atoms with Crippen molar-refractivity contribution in [1.82, 2.24) is 0 Å². The molecule has 18 heavy (non-hydrogen) atoms. The number of nitrogens with two attached hydrogens (primary N) is 1. The van der Waals surface area contributed by atoms with E-state index < -0.39 is 0 Å². The highest BCUT2D eigenvalue weighted by molar-refractivity contribution is 5.77. The fourth-order valence-corrected chi connectivity index (χ4v) is 1.74. The molecule has 0 saturated carbocycles. The molecule has 0 aliphatic carbocycles. The summed E-state index contributed by atoms with van der Waals surface area (Å²) in [5.74, 6) is 0.726. The third kappa shape index (κ3) is 3.34. The molecule has 1 aromatic carbocycles. The Morgan fingerprint density at radius 1 is 1.11 bits per heavy atom. The molecule has 0 amide bonds. The van der Waals surface area contributed by atoms with E-state index in [1.54, 1.807) is 12.1 Å². The molecule has 0 radical (unpaired) electrons. The van der Waals surface area contributed by atoms with Gasteiger partial charge in [-0.05, 0) is 44.0 Å². The van der Waals surface area contributed by atoms with E-state index in [2.05, 4.69) is 0 Å². The van der Waals surface area contributed by atoms with Crippen molar-refractivity contribution in [3.05, 3.63) is 40.8 Å². The van der Waals surface area contributed by atoms with E-state index in [-0.39, 0.29) is 5.63 Å². The number of fused-ring (bicyclic) bond motifs is 1. The maximum atomic E-state index is 11.1. The minimum atomic E-state index is -0.345. The Morgan fingerprint density at radius 2 is 1.94 bits per heavy atom. The first-order valence-electron chi connectivity index (χ1n) is 6.16. The Balaban J connectivity index is 1.99. The molecular formula is C14H17NO3. The van der Waals surface area contributed by atoms with Gasteiger partial charge < -0.3 is 14.9 Å². The van der Waals surface area contributed by atoms with Crippen LogP contribution in [0.1, 0.15) is 19.3 Å². The Hall–Kier alpha value is -1.81. The van der Waals surface area contributed by atoms with Crippen molar-refractivity contribution in [3.63, 3.8) is 0 Å². The largest absolute Gasteiger partial charge is 0.493 e. The van der Waals surface area contributed by atoms with Gasteiger partial charge in [0.25, 0.3) is 0 Å². The van der Waals surface area contributed by atoms with E-state index in [9.17, 15) is 4.79 Å². The minimum absolute atomic E-state index is 0.345. The first kappa shape index (κ1) is 12.6. The van der Waals surface area contributed by atoms with E-state index in [0.717, 1.165) is 36.9 Å². The van der Waals surface area contributed by atoms with Crippen molar-refractivity contribution in [2.45, 2.75) is 19.3 Å². The standard InChI is InChI=1S/C14H17NO3/c15-8-2-1-3-9-17-12-6-4-11-5-7-14(16)18-13(11)10-12/h4-7,10H,1-3,8-9,15H2. The number of benzene rings is 1. The summed E-state index contributed by atoms with van der Waals surface area (Å²) in [7, 11) is 0. The summed E-state index contributed by atoms with van der Waals surface area (Å²) in [6.45, 7) is 1.38. The summed E-state index contributed by atoms with van der Waals surface area (Å²) < 4.78 is 10.7. The highest BCUT2D eigenvalue weighted by atomic mass is 16.5. The van der Waals surface area contributed by atoms with Crippen LogP contribution in [0.3, 0.4) is 0 Å². The fraction of sp³-hybridized carbons (Fsp3) is 0.357. The van der Waals surface area contributed by atoms with Crippen LogP contribution in [0.5, 0.6) is 5.75 Å². The second-order valence-corrected chi connectivity index (χ2v) is 4.15. The van der Waals surface area contributed by atoms with E-state index in [1.165, 1.54) is 6.07 Å². The molecule has 4 heteroatoms. The van der Waals surface area contributed by atoms with E-state index >= 15 is 0 Å². The topological polar surface area (TPSA) is 65.5 Å². The SMILES string of the molecule is NCCCCCOc1ccc2ccc(=O)oc2c1. The summed E-state index contributed by atoms with van der Waals surface area (Å²) >= 11 is 0. The van der Waals surface area contributed by atoms with Gasteiger partial charge in [0.15, 0.2) is 0 Å². The lowest BCUT2D eigenvalue weighted by Gasteiger charge is -2.06. The second kappa shape index (κ2) is 6.21. The van der Waals surface area contributed by atoms with Crippen molar-refractivity contribution in [1.29, 1.82) is 0 Å². The lowest BCUT2D eigenvalue weighted by molar-refractivity contribution is 0.305. The van der Waals surface area contributed by atoms with Gasteiger partial charge in [-0.25, -0.2) is 4.79 Å². The predicted octanol–water partition coefficient (Wildman–Crippen LogP) is 2.30. The zero-order chi connectivity index (χ0) is 12.8. The number of rotatable bonds is 6. The summed E-state index contributed by atoms with van der Waals surface area (Å²) in [6.07, 6.45) is 3.07. The molecule has 0 unspecified atom stereocenters. The highest BCUT2D eigenvalue weighted by Gasteiger charge is 2.00. The molecule has 0 spiro atoms. The molecule has 96 valence electrons. The first-order chi connectivity index (χ1) is 8.79. The summed E-state index contributed by atoms with van der Waals surface area (Å²) in [5.41, 5.74) is 5.63. The molecule has 0 saturated heterocycles. The molecule has 0 aliphatic rings. The van der Waals surface area contributed by atoms with Gasteiger partial charge in [0.1, 0.15) is 11.3 Å². The van der Waals surface area contributed by atoms with Gasteiger partial charge in [-0.15, -0.1) is 0 Å². The quantitative estimate of drug-likeness (QED) is 0.628. The van der Waals surface area contributed by atoms with Crippen molar-refractivity contribution >= 4 is 11.0 Å². The smallest absolute Gasteiger partial charge is 0.336 e. The monoisotopic (exact) mass is 247 g/mol. The molecule has 2 N–H and O–H groups in total. The molecule has 2 aromatic rings. The number of hydrogen-bond acceptors (Lipinski definition) is 4. The fourth-order valence-electron chi connectivity index (χ4n) is 1.74. The lowest BCUT2D eigenvalue weighted by atomic mass is 10.2. The van der Waals surface area contributed by atoms with Gasteiger partial charge in [0, 0.05) is 17.5 Å². The number of hydrogen-bond donors (Lipinski definition) is 1. The highest BCUT2D eigenvalue weighted by Crippen LogP contribution is 2.19. The molecule has 0 bridgehead atoms. The number of unbranched alkanes of at least 4 members (excludes halogenated alkanes) is 2. The Morgan fingerprint density at radius 3 is 2.78 bits per heavy atom. The summed E-state index contributed by atoms with van der Waals surface area (Å²) in [6, 6.07) is 8.67. The van der Waals surface area contributed by atoms with E-state index in [4.69, 9.17) is 14.9 Å². The lowest BCUT2D eigenvalue weighted by Crippen LogP contribution is -2.01. The van der Waals surface area contributed by atoms with Crippen molar-refractivity contribution in [2.75, 3.05) is 13.2 Å². The molecule has 1 heterocycles. The normalized spacial score (nSPS) is 10.7. The van der Waals surface area contributed by atoms with Crippen molar-refractivity contribution in [3.8, 4) is 5.75 Å². The van der Waals surface area contributed by atoms with Gasteiger partial charge in [-0.2, -0.15) is 0 Å². The Kier molecular flexibility index (Phi) is 4.36. The minimum Gasteiger partial charge on any atom is -0.493 e. The van der Waals surface area contributed by atoms with Crippen LogP contribution in [0.25, 0.3) is 11.0 Å². The van der Waals surface area contributed by atoms with Crippen LogP contribution in [-0.4, -0.2) is 13.2 Å². The van der Waals surface area contributed by atoms with Crippen molar-refractivity contribution in [2.24, 2.45) is 5.73 Å². The third-order valence-electron chi connectivity index (χ3n) is 2.71. The molecule has 0 aliphatic heterocycles. The molecule has 0 atom stereocenters. The van der Waals surface area contributed by atoms with Gasteiger partial charge in [0.2, 0.25) is 0 Å². The van der Waals surface area contributed by atoms with E-state index in [0.29, 0.717) is 12.2 Å². The van der Waals surface area contributed by atoms with Crippen LogP contribution in [0.4, 0.5) is 0 Å². The average molecular weight is 247 g/mol. The van der Waals surface area contributed by atoms with Gasteiger partial charge >= 0.3 is 5.63 Å². The zero-order valence-electron chi connectivity index (χ0n) is 10.2. The maximum absolute atomic E-state index is 11.1. The summed E-state index contributed by atoms with van der Waals surface area (Å²) in [5, 5.41) is 0.894. The second-order valence-electron chi connectivity index (χ2n) is 4.15. The molecular weight excluding hydrogens is 230 g/mol. The van der Waals surface area contributed by atoms with Crippen LogP contribution in [0.2, 0.25) is 0 Å². The maximum Gasteiger partial charge on any atom is 0.336 e. The van der Waals surface area contributed by atoms with Gasteiger partial charge in [0.05, 0.1) is 6.61 Å². The average Bonchev–Trinajstić information content (AvgIpc) is 2.38. The van der Waals surface area contributed by atoms with Crippen LogP contribution >= 0.6 is 0 Å². The van der Waals surface area contributed by atoms with E-state index in [1.807, 2.05) is 12.1 Å². The Bertz CT molecular complexity index is 562. The molecule has 1 aromatic heterocycles. The molecule has 2 rings (SSSR count). The summed E-state index contributed by atoms with van der Waals surface area (Å²) in [4.78, 5) is 11.1. The van der Waals surface area contributed by atoms with Crippen molar-refractivity contribution < 1.29 is 9.15 Å². The van der Waals surface area contributed by atoms with Crippen LogP contribution in [0, 0.1) is 0 Å². The zero-order valence-corrected chi connectivity index (χ0v) is 10.2. The van der Waals surface area contributed by atoms with Gasteiger partial charge in [-0.1, -0.05) is 0 Å². The number of ether oxygens (including phenoxy) is 1. The molecule has 0 fully saturated rings.